The van der Waals surface area contributed by atoms with Gasteiger partial charge in [-0.15, -0.1) is 0 Å². The van der Waals surface area contributed by atoms with E-state index in [1.54, 1.807) is 13.1 Å². The van der Waals surface area contributed by atoms with Gasteiger partial charge in [-0.2, -0.15) is 0 Å². The van der Waals surface area contributed by atoms with Gasteiger partial charge in [0.15, 0.2) is 11.5 Å². The number of anilines is 1. The van der Waals surface area contributed by atoms with Gasteiger partial charge in [-0.3, -0.25) is 14.8 Å². The fourth-order valence-corrected chi connectivity index (χ4v) is 3.41. The molecule has 0 radical (unpaired) electrons. The van der Waals surface area contributed by atoms with E-state index >= 15 is 0 Å². The lowest BCUT2D eigenvalue weighted by Crippen LogP contribution is -2.27. The number of hydrogen-bond acceptors (Lipinski definition) is 7. The number of pyridine rings is 2. The molecule has 1 amide bonds. The lowest BCUT2D eigenvalue weighted by Gasteiger charge is -2.22. The van der Waals surface area contributed by atoms with Crippen molar-refractivity contribution in [2.75, 3.05) is 11.9 Å². The van der Waals surface area contributed by atoms with Crippen molar-refractivity contribution in [3.8, 4) is 0 Å². The van der Waals surface area contributed by atoms with Gasteiger partial charge in [-0.25, -0.2) is 9.98 Å². The normalized spacial score (nSPS) is 12.0. The van der Waals surface area contributed by atoms with Gasteiger partial charge in [0.1, 0.15) is 5.82 Å². The first-order valence-corrected chi connectivity index (χ1v) is 10.2. The average Bonchev–Trinajstić information content (AvgIpc) is 2.78. The summed E-state index contributed by atoms with van der Waals surface area (Å²) >= 11 is 0. The van der Waals surface area contributed by atoms with Crippen LogP contribution < -0.4 is 16.0 Å². The summed E-state index contributed by atoms with van der Waals surface area (Å²) in [7, 11) is 1.97. The summed E-state index contributed by atoms with van der Waals surface area (Å²) in [6.45, 7) is 8.04. The SMILES string of the molecule is C=N/C(C(=O)NCc1cc2cccc(C)c2nc1N(C)Cc1cccnc1)=C(N)\N=C/C. The minimum atomic E-state index is -0.451. The second-order valence-corrected chi connectivity index (χ2v) is 7.30. The maximum Gasteiger partial charge on any atom is 0.273 e. The summed E-state index contributed by atoms with van der Waals surface area (Å²) in [6.07, 6.45) is 5.07. The Morgan fingerprint density at radius 1 is 1.31 bits per heavy atom. The first-order valence-electron chi connectivity index (χ1n) is 10.2. The van der Waals surface area contributed by atoms with Crippen molar-refractivity contribution in [1.82, 2.24) is 15.3 Å². The van der Waals surface area contributed by atoms with Crippen LogP contribution in [0.4, 0.5) is 5.82 Å². The molecule has 0 aliphatic carbocycles. The number of para-hydroxylation sites is 1. The molecule has 0 atom stereocenters. The summed E-state index contributed by atoms with van der Waals surface area (Å²) in [6, 6.07) is 12.0. The molecule has 3 rings (SSSR count). The fourth-order valence-electron chi connectivity index (χ4n) is 3.41. The average molecular weight is 430 g/mol. The Labute approximate surface area is 187 Å². The zero-order chi connectivity index (χ0) is 23.1. The van der Waals surface area contributed by atoms with Crippen molar-refractivity contribution in [1.29, 1.82) is 0 Å². The predicted molar refractivity (Wildman–Crippen MR) is 130 cm³/mol. The van der Waals surface area contributed by atoms with Crippen molar-refractivity contribution in [3.63, 3.8) is 0 Å². The van der Waals surface area contributed by atoms with E-state index in [0.29, 0.717) is 6.54 Å². The number of aliphatic imine (C=N–C) groups is 2. The van der Waals surface area contributed by atoms with Gasteiger partial charge in [0.05, 0.1) is 5.52 Å². The molecule has 2 heterocycles. The summed E-state index contributed by atoms with van der Waals surface area (Å²) < 4.78 is 0. The highest BCUT2D eigenvalue weighted by atomic mass is 16.2. The van der Waals surface area contributed by atoms with Gasteiger partial charge < -0.3 is 16.0 Å². The molecule has 3 N–H and O–H groups in total. The highest BCUT2D eigenvalue weighted by Crippen LogP contribution is 2.26. The number of carbonyl (C=O) groups excluding carboxylic acids is 1. The molecule has 0 saturated heterocycles. The van der Waals surface area contributed by atoms with Gasteiger partial charge in [-0.1, -0.05) is 24.3 Å². The number of nitrogens with one attached hydrogen (secondary N) is 1. The molecule has 0 bridgehead atoms. The molecule has 0 fully saturated rings. The van der Waals surface area contributed by atoms with E-state index in [1.807, 2.05) is 61.5 Å². The highest BCUT2D eigenvalue weighted by molar-refractivity contribution is 5.94. The topological polar surface area (TPSA) is 109 Å². The Morgan fingerprint density at radius 2 is 2.12 bits per heavy atom. The molecular weight excluding hydrogens is 402 g/mol. The molecule has 0 spiro atoms. The largest absolute Gasteiger partial charge is 0.382 e. The number of carbonyl (C=O) groups is 1. The van der Waals surface area contributed by atoms with E-state index in [9.17, 15) is 4.79 Å². The van der Waals surface area contributed by atoms with Crippen LogP contribution in [0.5, 0.6) is 0 Å². The zero-order valence-corrected chi connectivity index (χ0v) is 18.5. The van der Waals surface area contributed by atoms with Crippen LogP contribution in [0.25, 0.3) is 10.9 Å². The monoisotopic (exact) mass is 429 g/mol. The number of benzene rings is 1. The Kier molecular flexibility index (Phi) is 7.28. The molecule has 0 aliphatic rings. The second kappa shape index (κ2) is 10.3. The Bertz CT molecular complexity index is 1190. The number of nitrogens with two attached hydrogens (primary N) is 1. The molecule has 1 aromatic carbocycles. The second-order valence-electron chi connectivity index (χ2n) is 7.30. The molecule has 8 nitrogen and oxygen atoms in total. The van der Waals surface area contributed by atoms with E-state index in [0.717, 1.165) is 33.4 Å². The van der Waals surface area contributed by atoms with Crippen LogP contribution in [0.2, 0.25) is 0 Å². The van der Waals surface area contributed by atoms with E-state index < -0.39 is 5.91 Å². The lowest BCUT2D eigenvalue weighted by atomic mass is 10.1. The lowest BCUT2D eigenvalue weighted by molar-refractivity contribution is -0.117. The van der Waals surface area contributed by atoms with Gasteiger partial charge in [0.2, 0.25) is 0 Å². The van der Waals surface area contributed by atoms with Crippen LogP contribution in [-0.2, 0) is 17.9 Å². The Morgan fingerprint density at radius 3 is 2.81 bits per heavy atom. The van der Waals surface area contributed by atoms with Crippen LogP contribution in [0.3, 0.4) is 0 Å². The molecular formula is C24H27N7O. The minimum Gasteiger partial charge on any atom is -0.382 e. The maximum absolute atomic E-state index is 12.7. The third-order valence-corrected chi connectivity index (χ3v) is 4.93. The standard InChI is InChI=1S/C24H27N7O/c1-5-28-22(25)21(26-3)24(32)29-14-19-12-18-10-6-8-16(2)20(18)30-23(19)31(4)15-17-9-7-11-27-13-17/h5-13H,3,14-15,25H2,1-2,4H3,(H,29,32)/b22-21-,28-5-. The van der Waals surface area contributed by atoms with Crippen molar-refractivity contribution in [2.24, 2.45) is 15.7 Å². The van der Waals surface area contributed by atoms with Crippen LogP contribution in [0.1, 0.15) is 23.6 Å². The number of nitrogens with zero attached hydrogens (tertiary/aromatic N) is 5. The van der Waals surface area contributed by atoms with Crippen LogP contribution in [-0.4, -0.2) is 35.9 Å². The molecule has 8 heteroatoms. The van der Waals surface area contributed by atoms with Gasteiger partial charge in [0, 0.05) is 49.7 Å². The summed E-state index contributed by atoms with van der Waals surface area (Å²) in [4.78, 5) is 31.5. The van der Waals surface area contributed by atoms with Crippen LogP contribution >= 0.6 is 0 Å². The number of amides is 1. The van der Waals surface area contributed by atoms with Crippen LogP contribution in [0.15, 0.2) is 70.3 Å². The fraction of sp³-hybridized carbons (Fsp3) is 0.208. The molecule has 164 valence electrons. The van der Waals surface area contributed by atoms with Crippen molar-refractivity contribution >= 4 is 35.6 Å². The zero-order valence-electron chi connectivity index (χ0n) is 18.5. The van der Waals surface area contributed by atoms with Crippen LogP contribution in [0, 0.1) is 6.92 Å². The van der Waals surface area contributed by atoms with Crippen molar-refractivity contribution in [2.45, 2.75) is 26.9 Å². The molecule has 3 aromatic rings. The molecule has 0 aliphatic heterocycles. The number of aromatic nitrogens is 2. The van der Waals surface area contributed by atoms with E-state index in [2.05, 4.69) is 27.0 Å². The summed E-state index contributed by atoms with van der Waals surface area (Å²) in [5.41, 5.74) is 9.74. The minimum absolute atomic E-state index is 0.0150. The quantitative estimate of drug-likeness (QED) is 0.422. The summed E-state index contributed by atoms with van der Waals surface area (Å²) in [5.74, 6) is 0.335. The molecule has 0 unspecified atom stereocenters. The molecule has 2 aromatic heterocycles. The Hall–Kier alpha value is -4.07. The van der Waals surface area contributed by atoms with Crippen molar-refractivity contribution < 1.29 is 4.79 Å². The van der Waals surface area contributed by atoms with Crippen molar-refractivity contribution in [3.05, 3.63) is 77.0 Å². The Balaban J connectivity index is 1.95. The van der Waals surface area contributed by atoms with E-state index in [4.69, 9.17) is 10.7 Å². The van der Waals surface area contributed by atoms with E-state index in [1.165, 1.54) is 6.21 Å². The predicted octanol–water partition coefficient (Wildman–Crippen LogP) is 3.11. The smallest absolute Gasteiger partial charge is 0.273 e. The molecule has 0 saturated carbocycles. The van der Waals surface area contributed by atoms with Gasteiger partial charge >= 0.3 is 0 Å². The van der Waals surface area contributed by atoms with E-state index in [-0.39, 0.29) is 18.1 Å². The number of aryl methyl sites for hydroxylation is 1. The maximum atomic E-state index is 12.7. The third-order valence-electron chi connectivity index (χ3n) is 4.93. The van der Waals surface area contributed by atoms with Gasteiger partial charge in [0.25, 0.3) is 5.91 Å². The first kappa shape index (κ1) is 22.6. The number of fused-ring (bicyclic) bond motifs is 1. The third kappa shape index (κ3) is 5.15. The van der Waals surface area contributed by atoms with Gasteiger partial charge in [-0.05, 0) is 43.8 Å². The highest BCUT2D eigenvalue weighted by Gasteiger charge is 2.16. The number of rotatable bonds is 8. The first-order chi connectivity index (χ1) is 15.4. The number of hydrogen-bond donors (Lipinski definition) is 2. The molecule has 32 heavy (non-hydrogen) atoms. The summed E-state index contributed by atoms with van der Waals surface area (Å²) in [5, 5.41) is 3.86.